The predicted molar refractivity (Wildman–Crippen MR) is 98.5 cm³/mol. The van der Waals surface area contributed by atoms with Gasteiger partial charge in [-0.3, -0.25) is 9.36 Å². The smallest absolute Gasteiger partial charge is 0.352 e. The van der Waals surface area contributed by atoms with Crippen molar-refractivity contribution in [2.24, 2.45) is 0 Å². The molecule has 144 valence electrons. The average Bonchev–Trinajstić information content (AvgIpc) is 2.85. The molecule has 0 unspecified atom stereocenters. The number of nitrogens with two attached hydrogens (primary N) is 1. The van der Waals surface area contributed by atoms with Gasteiger partial charge in [0.1, 0.15) is 12.2 Å². The zero-order valence-electron chi connectivity index (χ0n) is 13.6. The Bertz CT molecular complexity index is 937. The molecule has 5 N–H and O–H groups in total. The summed E-state index contributed by atoms with van der Waals surface area (Å²) >= 11 is 1.34. The molecular formula is C16H15FIN3O6. The Morgan fingerprint density at radius 3 is 2.59 bits per heavy atom. The number of halogens is 2. The molecule has 3 rings (SSSR count). The van der Waals surface area contributed by atoms with Crippen LogP contribution in [-0.4, -0.2) is 53.1 Å². The van der Waals surface area contributed by atoms with Crippen LogP contribution in [0.4, 0.5) is 10.2 Å². The van der Waals surface area contributed by atoms with Gasteiger partial charge in [0.2, 0.25) is 9.39 Å². The van der Waals surface area contributed by atoms with Crippen molar-refractivity contribution in [3.8, 4) is 0 Å². The number of Topliss-reactive ketones (excluding diaryl/α,β-unsaturated/α-hetero) is 1. The Morgan fingerprint density at radius 1 is 1.41 bits per heavy atom. The van der Waals surface area contributed by atoms with Gasteiger partial charge in [0.05, 0.1) is 12.8 Å². The molecule has 27 heavy (non-hydrogen) atoms. The molecule has 9 nitrogen and oxygen atoms in total. The number of ether oxygens (including phenoxy) is 1. The van der Waals surface area contributed by atoms with E-state index in [0.717, 1.165) is 0 Å². The number of hydrogen-bond donors (Lipinski definition) is 4. The minimum absolute atomic E-state index is 0.0162. The second-order valence-corrected chi connectivity index (χ2v) is 7.57. The lowest BCUT2D eigenvalue weighted by atomic mass is 9.93. The highest BCUT2D eigenvalue weighted by Crippen LogP contribution is 2.49. The second kappa shape index (κ2) is 6.91. The van der Waals surface area contributed by atoms with Crippen molar-refractivity contribution in [1.82, 2.24) is 9.55 Å². The highest BCUT2D eigenvalue weighted by molar-refractivity contribution is 14.1. The first-order chi connectivity index (χ1) is 12.7. The summed E-state index contributed by atoms with van der Waals surface area (Å²) in [5.41, 5.74) is 1.53. The lowest BCUT2D eigenvalue weighted by molar-refractivity contribution is -0.123. The number of hydrogen-bond acceptors (Lipinski definition) is 8. The Labute approximate surface area is 165 Å². The van der Waals surface area contributed by atoms with E-state index in [-0.39, 0.29) is 5.56 Å². The van der Waals surface area contributed by atoms with Crippen molar-refractivity contribution < 1.29 is 29.2 Å². The summed E-state index contributed by atoms with van der Waals surface area (Å²) in [6, 6.07) is 7.49. The van der Waals surface area contributed by atoms with Crippen LogP contribution in [0.25, 0.3) is 0 Å². The number of anilines is 1. The van der Waals surface area contributed by atoms with E-state index >= 15 is 0 Å². The number of aromatic nitrogens is 2. The van der Waals surface area contributed by atoms with Gasteiger partial charge >= 0.3 is 5.69 Å². The minimum atomic E-state index is -2.60. The lowest BCUT2D eigenvalue weighted by Crippen LogP contribution is -2.61. The predicted octanol–water partition coefficient (Wildman–Crippen LogP) is -0.624. The molecule has 1 aromatic heterocycles. The highest BCUT2D eigenvalue weighted by atomic mass is 127. The molecule has 11 heteroatoms. The van der Waals surface area contributed by atoms with Gasteiger partial charge in [-0.2, -0.15) is 4.98 Å². The van der Waals surface area contributed by atoms with Gasteiger partial charge in [0.15, 0.2) is 11.6 Å². The quantitative estimate of drug-likeness (QED) is 0.251. The van der Waals surface area contributed by atoms with E-state index in [0.29, 0.717) is 10.8 Å². The van der Waals surface area contributed by atoms with Crippen LogP contribution in [0.15, 0.2) is 41.3 Å². The fourth-order valence-electron chi connectivity index (χ4n) is 2.95. The monoisotopic (exact) mass is 491 g/mol. The van der Waals surface area contributed by atoms with Crippen LogP contribution in [0, 0.1) is 5.82 Å². The topological polar surface area (TPSA) is 148 Å². The fraction of sp³-hybridized carbons (Fsp3) is 0.312. The van der Waals surface area contributed by atoms with E-state index in [4.69, 9.17) is 10.5 Å². The first-order valence-corrected chi connectivity index (χ1v) is 8.77. The maximum Gasteiger partial charge on any atom is 0.352 e. The number of nitrogen functional groups attached to an aromatic ring is 1. The summed E-state index contributed by atoms with van der Waals surface area (Å²) < 4.78 is 17.6. The first-order valence-electron chi connectivity index (χ1n) is 7.69. The maximum atomic E-state index is 14.1. The zero-order valence-corrected chi connectivity index (χ0v) is 15.8. The van der Waals surface area contributed by atoms with Crippen LogP contribution in [0.5, 0.6) is 0 Å². The van der Waals surface area contributed by atoms with Crippen molar-refractivity contribution in [2.75, 3.05) is 12.3 Å². The molecule has 0 spiro atoms. The Balaban J connectivity index is 2.34. The molecule has 1 aromatic carbocycles. The third-order valence-electron chi connectivity index (χ3n) is 4.31. The summed E-state index contributed by atoms with van der Waals surface area (Å²) in [6.45, 7) is -0.768. The molecule has 0 bridgehead atoms. The van der Waals surface area contributed by atoms with Crippen molar-refractivity contribution in [2.45, 2.75) is 21.5 Å². The SMILES string of the molecule is Nc1nc(=O)n([C@]2(C(=O)c3ccccc3)O[C@H](CO)[C@@H](O)[C@]2(O)I)cc1F. The van der Waals surface area contributed by atoms with Gasteiger partial charge in [0.25, 0.3) is 5.72 Å². The molecule has 1 fully saturated rings. The lowest BCUT2D eigenvalue weighted by Gasteiger charge is -2.37. The number of nitrogens with zero attached hydrogens (tertiary/aromatic N) is 2. The van der Waals surface area contributed by atoms with E-state index in [2.05, 4.69) is 4.98 Å². The molecule has 2 heterocycles. The number of rotatable bonds is 4. The van der Waals surface area contributed by atoms with Gasteiger partial charge in [-0.1, -0.05) is 30.3 Å². The molecule has 2 aromatic rings. The second-order valence-electron chi connectivity index (χ2n) is 5.92. The minimum Gasteiger partial charge on any atom is -0.394 e. The largest absolute Gasteiger partial charge is 0.394 e. The van der Waals surface area contributed by atoms with Crippen molar-refractivity contribution in [3.63, 3.8) is 0 Å². The van der Waals surface area contributed by atoms with E-state index in [1.165, 1.54) is 46.9 Å². The Hall–Kier alpha value is -1.93. The van der Waals surface area contributed by atoms with Crippen LogP contribution in [0.1, 0.15) is 10.4 Å². The molecule has 4 atom stereocenters. The number of aliphatic hydroxyl groups is 3. The van der Waals surface area contributed by atoms with E-state index in [1.54, 1.807) is 6.07 Å². The molecule has 0 amide bonds. The van der Waals surface area contributed by atoms with Crippen molar-refractivity contribution in [3.05, 3.63) is 58.4 Å². The van der Waals surface area contributed by atoms with Crippen LogP contribution < -0.4 is 11.4 Å². The number of alkyl halides is 1. The standard InChI is InChI=1S/C16H15FIN3O6/c17-9-6-21(14(25)20-13(9)19)16(11(23)8-4-2-1-3-5-8)15(18,26)12(24)10(7-22)27-16/h1-6,10,12,22,24,26H,7H2,(H2,19,20,25)/t10-,12-,15-,16-/m1/s1. The molecule has 0 aliphatic carbocycles. The summed E-state index contributed by atoms with van der Waals surface area (Å²) in [7, 11) is 0. The molecular weight excluding hydrogens is 476 g/mol. The van der Waals surface area contributed by atoms with Crippen LogP contribution in [0.2, 0.25) is 0 Å². The molecule has 1 saturated heterocycles. The normalized spacial score (nSPS) is 30.4. The van der Waals surface area contributed by atoms with Gasteiger partial charge in [-0.15, -0.1) is 0 Å². The van der Waals surface area contributed by atoms with Gasteiger partial charge in [-0.05, 0) is 22.6 Å². The Kier molecular flexibility index (Phi) is 5.07. The molecule has 0 radical (unpaired) electrons. The Morgan fingerprint density at radius 2 is 2.04 bits per heavy atom. The number of ketones is 1. The van der Waals surface area contributed by atoms with Crippen LogP contribution in [0.3, 0.4) is 0 Å². The number of carbonyl (C=O) groups is 1. The van der Waals surface area contributed by atoms with E-state index in [1.807, 2.05) is 0 Å². The number of aliphatic hydroxyl groups excluding tert-OH is 2. The summed E-state index contributed by atoms with van der Waals surface area (Å²) in [5.74, 6) is -2.77. The van der Waals surface area contributed by atoms with E-state index in [9.17, 15) is 29.3 Å². The van der Waals surface area contributed by atoms with Crippen LogP contribution in [-0.2, 0) is 10.5 Å². The van der Waals surface area contributed by atoms with Crippen molar-refractivity contribution in [1.29, 1.82) is 0 Å². The molecule has 1 aliphatic rings. The third-order valence-corrected chi connectivity index (χ3v) is 5.68. The number of carbonyl (C=O) groups excluding carboxylic acids is 1. The molecule has 0 saturated carbocycles. The zero-order chi connectivity index (χ0) is 20.0. The van der Waals surface area contributed by atoms with E-state index < -0.39 is 51.3 Å². The van der Waals surface area contributed by atoms with Crippen LogP contribution >= 0.6 is 22.6 Å². The average molecular weight is 491 g/mol. The summed E-state index contributed by atoms with van der Waals surface area (Å²) in [4.78, 5) is 29.0. The third kappa shape index (κ3) is 2.86. The molecule has 1 aliphatic heterocycles. The number of benzene rings is 1. The first kappa shape index (κ1) is 19.8. The van der Waals surface area contributed by atoms with Gasteiger partial charge in [-0.25, -0.2) is 9.18 Å². The summed E-state index contributed by atoms with van der Waals surface area (Å²) in [6.07, 6.45) is -2.63. The fourth-order valence-corrected chi connectivity index (χ4v) is 3.99. The highest BCUT2D eigenvalue weighted by Gasteiger charge is 2.69. The van der Waals surface area contributed by atoms with Crippen molar-refractivity contribution >= 4 is 34.2 Å². The summed E-state index contributed by atoms with van der Waals surface area (Å²) in [5, 5.41) is 30.8. The maximum absolute atomic E-state index is 14.1. The van der Waals surface area contributed by atoms with Gasteiger partial charge < -0.3 is 25.8 Å². The van der Waals surface area contributed by atoms with Gasteiger partial charge in [0, 0.05) is 5.56 Å².